The zero-order valence-electron chi connectivity index (χ0n) is 11.1. The molecule has 0 aromatic heterocycles. The van der Waals surface area contributed by atoms with Crippen LogP contribution in [0.5, 0.6) is 17.2 Å². The molecule has 0 spiro atoms. The van der Waals surface area contributed by atoms with Gasteiger partial charge in [0.25, 0.3) is 0 Å². The average Bonchev–Trinajstić information content (AvgIpc) is 2.48. The molecule has 0 saturated carbocycles. The summed E-state index contributed by atoms with van der Waals surface area (Å²) in [6.45, 7) is 0. The summed E-state index contributed by atoms with van der Waals surface area (Å²) in [5, 5.41) is 0. The van der Waals surface area contributed by atoms with Gasteiger partial charge in [0.05, 0.1) is 14.2 Å². The van der Waals surface area contributed by atoms with Crippen molar-refractivity contribution in [1.82, 2.24) is 0 Å². The number of para-hydroxylation sites is 1. The SMILES string of the molecule is COc1ccc(C(=O)Oc2ccccc2F)c(OC)c1. The summed E-state index contributed by atoms with van der Waals surface area (Å²) in [5.41, 5.74) is 0.191. The molecule has 0 amide bonds. The second-order valence-corrected chi connectivity index (χ2v) is 3.89. The Morgan fingerprint density at radius 3 is 2.40 bits per heavy atom. The van der Waals surface area contributed by atoms with Crippen LogP contribution in [0.3, 0.4) is 0 Å². The number of carbonyl (C=O) groups excluding carboxylic acids is 1. The van der Waals surface area contributed by atoms with Crippen LogP contribution in [0.4, 0.5) is 4.39 Å². The fourth-order valence-electron chi connectivity index (χ4n) is 1.65. The van der Waals surface area contributed by atoms with Gasteiger partial charge in [-0.05, 0) is 24.3 Å². The number of benzene rings is 2. The molecule has 0 radical (unpaired) electrons. The standard InChI is InChI=1S/C15H13FO4/c1-18-10-7-8-11(14(9-10)19-2)15(17)20-13-6-4-3-5-12(13)16/h3-9H,1-2H3. The van der Waals surface area contributed by atoms with Gasteiger partial charge in [0, 0.05) is 6.07 Å². The van der Waals surface area contributed by atoms with Gasteiger partial charge in [-0.1, -0.05) is 12.1 Å². The van der Waals surface area contributed by atoms with Crippen LogP contribution in [0.15, 0.2) is 42.5 Å². The highest BCUT2D eigenvalue weighted by molar-refractivity contribution is 5.94. The van der Waals surface area contributed by atoms with Crippen LogP contribution in [0, 0.1) is 5.82 Å². The van der Waals surface area contributed by atoms with E-state index in [1.54, 1.807) is 18.2 Å². The normalized spacial score (nSPS) is 9.95. The topological polar surface area (TPSA) is 44.8 Å². The summed E-state index contributed by atoms with van der Waals surface area (Å²) in [5.74, 6) is -0.590. The molecule has 0 aliphatic heterocycles. The fourth-order valence-corrected chi connectivity index (χ4v) is 1.65. The van der Waals surface area contributed by atoms with Crippen molar-refractivity contribution in [3.63, 3.8) is 0 Å². The Balaban J connectivity index is 2.27. The average molecular weight is 276 g/mol. The molecule has 0 aliphatic rings. The molecule has 0 N–H and O–H groups in total. The minimum Gasteiger partial charge on any atom is -0.497 e. The van der Waals surface area contributed by atoms with Gasteiger partial charge in [0.15, 0.2) is 11.6 Å². The van der Waals surface area contributed by atoms with Crippen LogP contribution in [0.25, 0.3) is 0 Å². The molecule has 0 atom stereocenters. The van der Waals surface area contributed by atoms with E-state index in [0.29, 0.717) is 11.5 Å². The first-order valence-electron chi connectivity index (χ1n) is 5.84. The fraction of sp³-hybridized carbons (Fsp3) is 0.133. The summed E-state index contributed by atoms with van der Waals surface area (Å²) in [4.78, 5) is 12.0. The maximum atomic E-state index is 13.4. The van der Waals surface area contributed by atoms with Crippen molar-refractivity contribution in [3.05, 3.63) is 53.8 Å². The molecule has 2 rings (SSSR count). The predicted molar refractivity (Wildman–Crippen MR) is 70.9 cm³/mol. The van der Waals surface area contributed by atoms with Crippen molar-refractivity contribution in [2.75, 3.05) is 14.2 Å². The zero-order valence-corrected chi connectivity index (χ0v) is 11.1. The van der Waals surface area contributed by atoms with Crippen LogP contribution in [0.1, 0.15) is 10.4 Å². The quantitative estimate of drug-likeness (QED) is 0.636. The molecular formula is C15H13FO4. The molecule has 2 aromatic carbocycles. The molecule has 0 heterocycles. The smallest absolute Gasteiger partial charge is 0.347 e. The summed E-state index contributed by atoms with van der Waals surface area (Å²) in [7, 11) is 2.93. The number of methoxy groups -OCH3 is 2. The van der Waals surface area contributed by atoms with Gasteiger partial charge in [-0.3, -0.25) is 0 Å². The second-order valence-electron chi connectivity index (χ2n) is 3.89. The molecule has 0 unspecified atom stereocenters. The van der Waals surface area contributed by atoms with Crippen LogP contribution in [-0.4, -0.2) is 20.2 Å². The molecule has 4 nitrogen and oxygen atoms in total. The third-order valence-electron chi connectivity index (χ3n) is 2.67. The Kier molecular flexibility index (Phi) is 4.20. The van der Waals surface area contributed by atoms with E-state index in [9.17, 15) is 9.18 Å². The number of hydrogen-bond donors (Lipinski definition) is 0. The monoisotopic (exact) mass is 276 g/mol. The molecule has 0 saturated heterocycles. The number of carbonyl (C=O) groups is 1. The minimum absolute atomic E-state index is 0.129. The van der Waals surface area contributed by atoms with Crippen LogP contribution in [-0.2, 0) is 0 Å². The van der Waals surface area contributed by atoms with Crippen molar-refractivity contribution in [3.8, 4) is 17.2 Å². The van der Waals surface area contributed by atoms with E-state index in [0.717, 1.165) is 0 Å². The van der Waals surface area contributed by atoms with Crippen molar-refractivity contribution in [2.24, 2.45) is 0 Å². The minimum atomic E-state index is -0.699. The van der Waals surface area contributed by atoms with Gasteiger partial charge >= 0.3 is 5.97 Å². The highest BCUT2D eigenvalue weighted by Gasteiger charge is 2.17. The van der Waals surface area contributed by atoms with Crippen LogP contribution < -0.4 is 14.2 Å². The highest BCUT2D eigenvalue weighted by atomic mass is 19.1. The van der Waals surface area contributed by atoms with E-state index < -0.39 is 11.8 Å². The first kappa shape index (κ1) is 13.9. The lowest BCUT2D eigenvalue weighted by atomic mass is 10.2. The molecule has 0 bridgehead atoms. The second kappa shape index (κ2) is 6.06. The van der Waals surface area contributed by atoms with Crippen molar-refractivity contribution in [2.45, 2.75) is 0 Å². The summed E-state index contributed by atoms with van der Waals surface area (Å²) in [6, 6.07) is 10.3. The lowest BCUT2D eigenvalue weighted by molar-refractivity contribution is 0.0724. The largest absolute Gasteiger partial charge is 0.497 e. The zero-order chi connectivity index (χ0) is 14.5. The van der Waals surface area contributed by atoms with Crippen LogP contribution >= 0.6 is 0 Å². The molecular weight excluding hydrogens is 263 g/mol. The highest BCUT2D eigenvalue weighted by Crippen LogP contribution is 2.26. The number of hydrogen-bond acceptors (Lipinski definition) is 4. The van der Waals surface area contributed by atoms with E-state index in [4.69, 9.17) is 14.2 Å². The van der Waals surface area contributed by atoms with E-state index in [1.807, 2.05) is 0 Å². The Labute approximate surface area is 115 Å². The Hall–Kier alpha value is -2.56. The lowest BCUT2D eigenvalue weighted by Crippen LogP contribution is -2.11. The van der Waals surface area contributed by atoms with Gasteiger partial charge < -0.3 is 14.2 Å². The Morgan fingerprint density at radius 2 is 1.75 bits per heavy atom. The predicted octanol–water partition coefficient (Wildman–Crippen LogP) is 3.06. The van der Waals surface area contributed by atoms with Crippen molar-refractivity contribution >= 4 is 5.97 Å². The summed E-state index contributed by atoms with van der Waals surface area (Å²) < 4.78 is 28.6. The van der Waals surface area contributed by atoms with Crippen molar-refractivity contribution < 1.29 is 23.4 Å². The molecule has 0 aliphatic carbocycles. The van der Waals surface area contributed by atoms with Gasteiger partial charge in [0.2, 0.25) is 0 Å². The maximum Gasteiger partial charge on any atom is 0.347 e. The summed E-state index contributed by atoms with van der Waals surface area (Å²) in [6.07, 6.45) is 0. The first-order valence-corrected chi connectivity index (χ1v) is 5.84. The third kappa shape index (κ3) is 2.88. The van der Waals surface area contributed by atoms with Crippen LogP contribution in [0.2, 0.25) is 0 Å². The summed E-state index contributed by atoms with van der Waals surface area (Å²) >= 11 is 0. The Morgan fingerprint density at radius 1 is 1.00 bits per heavy atom. The van der Waals surface area contributed by atoms with Gasteiger partial charge in [0.1, 0.15) is 17.1 Å². The molecule has 0 fully saturated rings. The lowest BCUT2D eigenvalue weighted by Gasteiger charge is -2.10. The van der Waals surface area contributed by atoms with E-state index in [2.05, 4.69) is 0 Å². The van der Waals surface area contributed by atoms with E-state index >= 15 is 0 Å². The Bertz CT molecular complexity index is 625. The first-order chi connectivity index (χ1) is 9.65. The number of ether oxygens (including phenoxy) is 3. The van der Waals surface area contributed by atoms with Gasteiger partial charge in [-0.2, -0.15) is 0 Å². The molecule has 104 valence electrons. The number of rotatable bonds is 4. The maximum absolute atomic E-state index is 13.4. The number of esters is 1. The van der Waals surface area contributed by atoms with Crippen molar-refractivity contribution in [1.29, 1.82) is 0 Å². The van der Waals surface area contributed by atoms with Gasteiger partial charge in [-0.25, -0.2) is 9.18 Å². The molecule has 5 heteroatoms. The third-order valence-corrected chi connectivity index (χ3v) is 2.67. The molecule has 20 heavy (non-hydrogen) atoms. The number of halogens is 1. The molecule has 2 aromatic rings. The van der Waals surface area contributed by atoms with E-state index in [-0.39, 0.29) is 11.3 Å². The van der Waals surface area contributed by atoms with Gasteiger partial charge in [-0.15, -0.1) is 0 Å². The van der Waals surface area contributed by atoms with E-state index in [1.165, 1.54) is 38.5 Å².